The van der Waals surface area contributed by atoms with Gasteiger partial charge in [0.1, 0.15) is 12.4 Å². The first-order valence-corrected chi connectivity index (χ1v) is 6.93. The first-order valence-electron chi connectivity index (χ1n) is 6.93. The largest absolute Gasteiger partial charge is 0.486 e. The van der Waals surface area contributed by atoms with E-state index in [1.807, 2.05) is 18.2 Å². The lowest BCUT2D eigenvalue weighted by Crippen LogP contribution is -2.15. The molecule has 0 unspecified atom stereocenters. The molecule has 2 N–H and O–H groups in total. The predicted molar refractivity (Wildman–Crippen MR) is 78.5 cm³/mol. The highest BCUT2D eigenvalue weighted by Gasteiger charge is 2.17. The van der Waals surface area contributed by atoms with Gasteiger partial charge in [0.15, 0.2) is 5.76 Å². The summed E-state index contributed by atoms with van der Waals surface area (Å²) >= 11 is 0. The van der Waals surface area contributed by atoms with Gasteiger partial charge in [-0.05, 0) is 29.5 Å². The summed E-state index contributed by atoms with van der Waals surface area (Å²) in [6, 6.07) is 10.0. The molecule has 0 aliphatic carbocycles. The topological polar surface area (TPSA) is 61.3 Å². The highest BCUT2D eigenvalue weighted by Crippen LogP contribution is 2.28. The molecule has 0 bridgehead atoms. The number of benzene rings is 1. The van der Waals surface area contributed by atoms with Gasteiger partial charge in [-0.25, -0.2) is 0 Å². The SMILES string of the molecule is CCC(C)(C)c1ccc(OCc2cc(CN)no2)cc1. The van der Waals surface area contributed by atoms with Crippen LogP contribution in [-0.4, -0.2) is 5.16 Å². The number of ether oxygens (including phenoxy) is 1. The van der Waals surface area contributed by atoms with E-state index in [0.29, 0.717) is 18.9 Å². The Balaban J connectivity index is 1.97. The first-order chi connectivity index (χ1) is 9.55. The second kappa shape index (κ2) is 6.09. The van der Waals surface area contributed by atoms with E-state index in [2.05, 4.69) is 38.1 Å². The molecule has 1 heterocycles. The van der Waals surface area contributed by atoms with Gasteiger partial charge in [0.25, 0.3) is 0 Å². The lowest BCUT2D eigenvalue weighted by atomic mass is 9.82. The van der Waals surface area contributed by atoms with Crippen molar-refractivity contribution in [3.63, 3.8) is 0 Å². The van der Waals surface area contributed by atoms with Gasteiger partial charge < -0.3 is 15.0 Å². The molecule has 0 saturated carbocycles. The maximum Gasteiger partial charge on any atom is 0.174 e. The molecule has 20 heavy (non-hydrogen) atoms. The smallest absolute Gasteiger partial charge is 0.174 e. The molecule has 108 valence electrons. The van der Waals surface area contributed by atoms with Crippen LogP contribution < -0.4 is 10.5 Å². The van der Waals surface area contributed by atoms with Gasteiger partial charge in [-0.3, -0.25) is 0 Å². The Kier molecular flexibility index (Phi) is 4.45. The molecule has 0 aliphatic rings. The zero-order chi connectivity index (χ0) is 14.6. The van der Waals surface area contributed by atoms with Crippen LogP contribution >= 0.6 is 0 Å². The zero-order valence-electron chi connectivity index (χ0n) is 12.3. The first kappa shape index (κ1) is 14.6. The molecular weight excluding hydrogens is 252 g/mol. The van der Waals surface area contributed by atoms with Crippen molar-refractivity contribution in [2.75, 3.05) is 0 Å². The lowest BCUT2D eigenvalue weighted by Gasteiger charge is -2.23. The number of nitrogens with two attached hydrogens (primary N) is 1. The Labute approximate surface area is 119 Å². The minimum absolute atomic E-state index is 0.194. The number of rotatable bonds is 6. The molecule has 0 fully saturated rings. The maximum atomic E-state index is 5.68. The fourth-order valence-electron chi connectivity index (χ4n) is 1.88. The molecule has 0 amide bonds. The summed E-state index contributed by atoms with van der Waals surface area (Å²) < 4.78 is 10.8. The summed E-state index contributed by atoms with van der Waals surface area (Å²) in [5.74, 6) is 1.51. The molecule has 2 rings (SSSR count). The predicted octanol–water partition coefficient (Wildman–Crippen LogP) is 3.40. The quantitative estimate of drug-likeness (QED) is 0.877. The van der Waals surface area contributed by atoms with Crippen molar-refractivity contribution < 1.29 is 9.26 Å². The van der Waals surface area contributed by atoms with Gasteiger partial charge >= 0.3 is 0 Å². The van der Waals surface area contributed by atoms with Gasteiger partial charge in [-0.1, -0.05) is 38.1 Å². The molecule has 4 heteroatoms. The number of nitrogens with zero attached hydrogens (tertiary/aromatic N) is 1. The normalized spacial score (nSPS) is 11.6. The van der Waals surface area contributed by atoms with Crippen LogP contribution in [0.4, 0.5) is 0 Å². The minimum atomic E-state index is 0.194. The van der Waals surface area contributed by atoms with Crippen molar-refractivity contribution in [3.05, 3.63) is 47.3 Å². The average Bonchev–Trinajstić information content (AvgIpc) is 2.93. The number of aromatic nitrogens is 1. The number of hydrogen-bond acceptors (Lipinski definition) is 4. The summed E-state index contributed by atoms with van der Waals surface area (Å²) in [7, 11) is 0. The third-order valence-corrected chi connectivity index (χ3v) is 3.72. The second-order valence-electron chi connectivity index (χ2n) is 5.54. The van der Waals surface area contributed by atoms with Gasteiger partial charge in [-0.2, -0.15) is 0 Å². The summed E-state index contributed by atoms with van der Waals surface area (Å²) in [5, 5.41) is 3.82. The van der Waals surface area contributed by atoms with Crippen LogP contribution in [0.5, 0.6) is 5.75 Å². The Hall–Kier alpha value is -1.81. The van der Waals surface area contributed by atoms with Crippen molar-refractivity contribution in [2.24, 2.45) is 5.73 Å². The van der Waals surface area contributed by atoms with Crippen LogP contribution in [0.2, 0.25) is 0 Å². The Bertz CT molecular complexity index is 544. The van der Waals surface area contributed by atoms with Crippen molar-refractivity contribution in [2.45, 2.75) is 45.8 Å². The van der Waals surface area contributed by atoms with Crippen LogP contribution in [0.3, 0.4) is 0 Å². The van der Waals surface area contributed by atoms with Crippen molar-refractivity contribution in [1.29, 1.82) is 0 Å². The highest BCUT2D eigenvalue weighted by molar-refractivity contribution is 5.31. The highest BCUT2D eigenvalue weighted by atomic mass is 16.5. The maximum absolute atomic E-state index is 5.68. The van der Waals surface area contributed by atoms with Crippen LogP contribution in [0, 0.1) is 0 Å². The minimum Gasteiger partial charge on any atom is -0.486 e. The summed E-state index contributed by atoms with van der Waals surface area (Å²) in [4.78, 5) is 0. The Morgan fingerprint density at radius 3 is 2.50 bits per heavy atom. The molecule has 1 aromatic heterocycles. The van der Waals surface area contributed by atoms with Crippen molar-refractivity contribution >= 4 is 0 Å². The van der Waals surface area contributed by atoms with Crippen molar-refractivity contribution in [1.82, 2.24) is 5.16 Å². The monoisotopic (exact) mass is 274 g/mol. The standard InChI is InChI=1S/C16H22N2O2/c1-4-16(2,3)12-5-7-14(8-6-12)19-11-15-9-13(10-17)18-20-15/h5-9H,4,10-11,17H2,1-3H3. The summed E-state index contributed by atoms with van der Waals surface area (Å²) in [6.07, 6.45) is 1.10. The molecule has 0 atom stereocenters. The van der Waals surface area contributed by atoms with Crippen LogP contribution in [0.25, 0.3) is 0 Å². The fraction of sp³-hybridized carbons (Fsp3) is 0.438. The third kappa shape index (κ3) is 3.39. The van der Waals surface area contributed by atoms with E-state index < -0.39 is 0 Å². The fourth-order valence-corrected chi connectivity index (χ4v) is 1.88. The molecular formula is C16H22N2O2. The van der Waals surface area contributed by atoms with Crippen LogP contribution in [0.1, 0.15) is 44.2 Å². The average molecular weight is 274 g/mol. The molecule has 0 saturated heterocycles. The van der Waals surface area contributed by atoms with Gasteiger partial charge in [0, 0.05) is 12.6 Å². The van der Waals surface area contributed by atoms with Gasteiger partial charge in [0.2, 0.25) is 0 Å². The van der Waals surface area contributed by atoms with Crippen LogP contribution in [0.15, 0.2) is 34.9 Å². The van der Waals surface area contributed by atoms with E-state index in [9.17, 15) is 0 Å². The van der Waals surface area contributed by atoms with Gasteiger partial charge in [0.05, 0.1) is 5.69 Å². The molecule has 0 aliphatic heterocycles. The van der Waals surface area contributed by atoms with E-state index >= 15 is 0 Å². The van der Waals surface area contributed by atoms with Gasteiger partial charge in [-0.15, -0.1) is 0 Å². The van der Waals surface area contributed by atoms with E-state index in [1.54, 1.807) is 0 Å². The molecule has 0 spiro atoms. The third-order valence-electron chi connectivity index (χ3n) is 3.72. The molecule has 2 aromatic rings. The van der Waals surface area contributed by atoms with E-state index in [4.69, 9.17) is 15.0 Å². The molecule has 0 radical (unpaired) electrons. The summed E-state index contributed by atoms with van der Waals surface area (Å²) in [5.41, 5.74) is 7.73. The van der Waals surface area contributed by atoms with Crippen LogP contribution in [-0.2, 0) is 18.6 Å². The Morgan fingerprint density at radius 1 is 1.25 bits per heavy atom. The molecule has 1 aromatic carbocycles. The van der Waals surface area contributed by atoms with Crippen molar-refractivity contribution in [3.8, 4) is 5.75 Å². The number of hydrogen-bond donors (Lipinski definition) is 1. The zero-order valence-corrected chi connectivity index (χ0v) is 12.3. The lowest BCUT2D eigenvalue weighted by molar-refractivity contribution is 0.248. The van der Waals surface area contributed by atoms with E-state index in [-0.39, 0.29) is 5.41 Å². The van der Waals surface area contributed by atoms with E-state index in [1.165, 1.54) is 5.56 Å². The summed E-state index contributed by atoms with van der Waals surface area (Å²) in [6.45, 7) is 7.43. The van der Waals surface area contributed by atoms with E-state index in [0.717, 1.165) is 17.9 Å². The molecule has 4 nitrogen and oxygen atoms in total. The second-order valence-corrected chi connectivity index (χ2v) is 5.54. The Morgan fingerprint density at radius 2 is 1.95 bits per heavy atom.